The number of hydrogen-bond donors (Lipinski definition) is 0. The van der Waals surface area contributed by atoms with Crippen LogP contribution in [0.5, 0.6) is 0 Å². The average Bonchev–Trinajstić information content (AvgIpc) is 3.27. The van der Waals surface area contributed by atoms with E-state index in [1.165, 1.54) is 24.8 Å². The third kappa shape index (κ3) is 3.24. The zero-order chi connectivity index (χ0) is 20.5. The summed E-state index contributed by atoms with van der Waals surface area (Å²) in [5, 5.41) is 0. The highest BCUT2D eigenvalue weighted by Crippen LogP contribution is 2.40. The minimum absolute atomic E-state index is 0.0133. The molecule has 5 rings (SSSR count). The SMILES string of the molecule is O=C1C(c2ccccc2)=C(N2CCc3ccccc32)C(=O)N1C1CCCCCCC1. The van der Waals surface area contributed by atoms with Crippen LogP contribution in [0.3, 0.4) is 0 Å². The second-order valence-electron chi connectivity index (χ2n) is 8.60. The van der Waals surface area contributed by atoms with Crippen LogP contribution in [0.25, 0.3) is 5.57 Å². The van der Waals surface area contributed by atoms with Crippen molar-refractivity contribution in [2.24, 2.45) is 0 Å². The molecular formula is C26H28N2O2. The first-order valence-corrected chi connectivity index (χ1v) is 11.3. The molecule has 1 aliphatic carbocycles. The van der Waals surface area contributed by atoms with Gasteiger partial charge in [-0.05, 0) is 36.5 Å². The summed E-state index contributed by atoms with van der Waals surface area (Å²) in [5.74, 6) is -0.225. The monoisotopic (exact) mass is 400 g/mol. The molecule has 0 radical (unpaired) electrons. The molecule has 0 saturated heterocycles. The topological polar surface area (TPSA) is 40.6 Å². The molecule has 0 unspecified atom stereocenters. The summed E-state index contributed by atoms with van der Waals surface area (Å²) in [6.07, 6.45) is 8.56. The molecule has 0 atom stereocenters. The number of imide groups is 1. The maximum Gasteiger partial charge on any atom is 0.278 e. The lowest BCUT2D eigenvalue weighted by atomic mass is 9.95. The van der Waals surface area contributed by atoms with E-state index in [0.29, 0.717) is 11.3 Å². The molecule has 2 aliphatic heterocycles. The van der Waals surface area contributed by atoms with Gasteiger partial charge in [-0.1, -0.05) is 80.6 Å². The maximum atomic E-state index is 13.8. The number of carbonyl (C=O) groups is 2. The van der Waals surface area contributed by atoms with Gasteiger partial charge in [0.1, 0.15) is 5.70 Å². The van der Waals surface area contributed by atoms with Crippen LogP contribution in [0.15, 0.2) is 60.3 Å². The van der Waals surface area contributed by atoms with Crippen molar-refractivity contribution in [1.29, 1.82) is 0 Å². The Balaban J connectivity index is 1.58. The zero-order valence-corrected chi connectivity index (χ0v) is 17.3. The molecule has 2 aromatic rings. The van der Waals surface area contributed by atoms with E-state index in [0.717, 1.165) is 49.9 Å². The smallest absolute Gasteiger partial charge is 0.278 e. The number of carbonyl (C=O) groups excluding carboxylic acids is 2. The Morgan fingerprint density at radius 1 is 0.733 bits per heavy atom. The fourth-order valence-corrected chi connectivity index (χ4v) is 5.25. The summed E-state index contributed by atoms with van der Waals surface area (Å²) < 4.78 is 0. The predicted octanol–water partition coefficient (Wildman–Crippen LogP) is 4.94. The van der Waals surface area contributed by atoms with Crippen LogP contribution in [0, 0.1) is 0 Å². The zero-order valence-electron chi connectivity index (χ0n) is 17.3. The predicted molar refractivity (Wildman–Crippen MR) is 119 cm³/mol. The van der Waals surface area contributed by atoms with Crippen molar-refractivity contribution < 1.29 is 9.59 Å². The minimum Gasteiger partial charge on any atom is -0.336 e. The van der Waals surface area contributed by atoms with Crippen LogP contribution in [0.4, 0.5) is 5.69 Å². The number of rotatable bonds is 3. The molecule has 0 aromatic heterocycles. The van der Waals surface area contributed by atoms with Crippen molar-refractivity contribution >= 4 is 23.1 Å². The summed E-state index contributed by atoms with van der Waals surface area (Å²) in [6, 6.07) is 18.0. The molecule has 4 heteroatoms. The quantitative estimate of drug-likeness (QED) is 0.685. The fourth-order valence-electron chi connectivity index (χ4n) is 5.25. The molecule has 2 amide bonds. The molecule has 2 heterocycles. The molecule has 1 saturated carbocycles. The van der Waals surface area contributed by atoms with Gasteiger partial charge in [0.05, 0.1) is 5.57 Å². The largest absolute Gasteiger partial charge is 0.336 e. The van der Waals surface area contributed by atoms with E-state index in [1.54, 1.807) is 4.90 Å². The van der Waals surface area contributed by atoms with E-state index in [4.69, 9.17) is 0 Å². The Labute approximate surface area is 178 Å². The number of benzene rings is 2. The van der Waals surface area contributed by atoms with Gasteiger partial charge in [0.2, 0.25) is 0 Å². The van der Waals surface area contributed by atoms with Crippen LogP contribution in [0.1, 0.15) is 56.1 Å². The van der Waals surface area contributed by atoms with Gasteiger partial charge in [0.15, 0.2) is 0 Å². The average molecular weight is 401 g/mol. The van der Waals surface area contributed by atoms with E-state index < -0.39 is 0 Å². The minimum atomic E-state index is -0.115. The molecule has 0 spiro atoms. The molecule has 0 N–H and O–H groups in total. The standard InChI is InChI=1S/C26H28N2O2/c29-25-23(20-12-5-4-6-13-20)24(27-18-17-19-11-9-10-16-22(19)27)26(30)28(25)21-14-7-2-1-3-8-15-21/h4-6,9-13,16,21H,1-3,7-8,14-15,17-18H2. The molecule has 30 heavy (non-hydrogen) atoms. The van der Waals surface area contributed by atoms with Crippen molar-refractivity contribution in [1.82, 2.24) is 4.90 Å². The second kappa shape index (κ2) is 8.10. The highest BCUT2D eigenvalue weighted by atomic mass is 16.2. The van der Waals surface area contributed by atoms with Crippen LogP contribution in [0.2, 0.25) is 0 Å². The number of hydrogen-bond acceptors (Lipinski definition) is 3. The van der Waals surface area contributed by atoms with Gasteiger partial charge in [-0.25, -0.2) is 0 Å². The highest BCUT2D eigenvalue weighted by molar-refractivity contribution is 6.37. The first-order valence-electron chi connectivity index (χ1n) is 11.3. The Kier molecular flexibility index (Phi) is 5.16. The molecule has 2 aromatic carbocycles. The van der Waals surface area contributed by atoms with Crippen molar-refractivity contribution in [3.63, 3.8) is 0 Å². The lowest BCUT2D eigenvalue weighted by Crippen LogP contribution is -2.42. The Hall–Kier alpha value is -2.88. The maximum absolute atomic E-state index is 13.8. The first-order chi connectivity index (χ1) is 14.8. The molecule has 0 bridgehead atoms. The summed E-state index contributed by atoms with van der Waals surface area (Å²) in [6.45, 7) is 0.739. The summed E-state index contributed by atoms with van der Waals surface area (Å²) in [7, 11) is 0. The lowest BCUT2D eigenvalue weighted by molar-refractivity contribution is -0.140. The van der Waals surface area contributed by atoms with Crippen LogP contribution < -0.4 is 4.90 Å². The van der Waals surface area contributed by atoms with Gasteiger partial charge >= 0.3 is 0 Å². The van der Waals surface area contributed by atoms with Gasteiger partial charge in [-0.3, -0.25) is 14.5 Å². The highest BCUT2D eigenvalue weighted by Gasteiger charge is 2.45. The van der Waals surface area contributed by atoms with E-state index in [9.17, 15) is 9.59 Å². The van der Waals surface area contributed by atoms with Crippen molar-refractivity contribution in [3.05, 3.63) is 71.4 Å². The van der Waals surface area contributed by atoms with Crippen molar-refractivity contribution in [2.45, 2.75) is 57.4 Å². The van der Waals surface area contributed by atoms with Crippen LogP contribution in [-0.2, 0) is 16.0 Å². The number of anilines is 1. The Morgan fingerprint density at radius 2 is 1.40 bits per heavy atom. The normalized spacial score (nSPS) is 20.5. The lowest BCUT2D eigenvalue weighted by Gasteiger charge is -2.29. The number of para-hydroxylation sites is 1. The van der Waals surface area contributed by atoms with Gasteiger partial charge in [-0.15, -0.1) is 0 Å². The summed E-state index contributed by atoms with van der Waals surface area (Å²) in [5.41, 5.74) is 4.27. The molecule has 1 fully saturated rings. The van der Waals surface area contributed by atoms with Crippen LogP contribution in [-0.4, -0.2) is 29.3 Å². The summed E-state index contributed by atoms with van der Waals surface area (Å²) >= 11 is 0. The fraction of sp³-hybridized carbons (Fsp3) is 0.385. The Bertz CT molecular complexity index is 987. The first kappa shape index (κ1) is 19.1. The van der Waals surface area contributed by atoms with E-state index in [1.807, 2.05) is 42.5 Å². The molecular weight excluding hydrogens is 372 g/mol. The van der Waals surface area contributed by atoms with E-state index in [-0.39, 0.29) is 17.9 Å². The second-order valence-corrected chi connectivity index (χ2v) is 8.60. The number of nitrogens with zero attached hydrogens (tertiary/aromatic N) is 2. The number of amides is 2. The third-order valence-electron chi connectivity index (χ3n) is 6.75. The van der Waals surface area contributed by atoms with Gasteiger partial charge in [0.25, 0.3) is 11.8 Å². The van der Waals surface area contributed by atoms with Gasteiger partial charge < -0.3 is 4.90 Å². The van der Waals surface area contributed by atoms with Gasteiger partial charge in [0, 0.05) is 18.3 Å². The van der Waals surface area contributed by atoms with Crippen LogP contribution >= 0.6 is 0 Å². The van der Waals surface area contributed by atoms with E-state index >= 15 is 0 Å². The van der Waals surface area contributed by atoms with Crippen molar-refractivity contribution in [3.8, 4) is 0 Å². The third-order valence-corrected chi connectivity index (χ3v) is 6.75. The molecule has 4 nitrogen and oxygen atoms in total. The summed E-state index contributed by atoms with van der Waals surface area (Å²) in [4.78, 5) is 31.2. The van der Waals surface area contributed by atoms with Gasteiger partial charge in [-0.2, -0.15) is 0 Å². The molecule has 154 valence electrons. The van der Waals surface area contributed by atoms with E-state index in [2.05, 4.69) is 17.0 Å². The van der Waals surface area contributed by atoms with Crippen molar-refractivity contribution in [2.75, 3.05) is 11.4 Å². The Morgan fingerprint density at radius 3 is 2.17 bits per heavy atom. The number of fused-ring (bicyclic) bond motifs is 1. The molecule has 3 aliphatic rings.